The van der Waals surface area contributed by atoms with Crippen LogP contribution in [0.25, 0.3) is 0 Å². The van der Waals surface area contributed by atoms with E-state index < -0.39 is 12.0 Å². The molecule has 0 saturated carbocycles. The molecular weight excluding hydrogens is 330 g/mol. The van der Waals surface area contributed by atoms with Gasteiger partial charge in [0.25, 0.3) is 0 Å². The maximum atomic E-state index is 11.8. The number of anilines is 1. The summed E-state index contributed by atoms with van der Waals surface area (Å²) >= 11 is 1.83. The smallest absolute Gasteiger partial charge is 0.325 e. The molecule has 1 fully saturated rings. The van der Waals surface area contributed by atoms with Crippen LogP contribution < -0.4 is 15.4 Å². The van der Waals surface area contributed by atoms with Crippen molar-refractivity contribution in [3.63, 3.8) is 0 Å². The highest BCUT2D eigenvalue weighted by atomic mass is 32.2. The molecule has 2 rings (SSSR count). The molecule has 3 N–H and O–H groups in total. The third kappa shape index (κ3) is 4.55. The van der Waals surface area contributed by atoms with E-state index in [1.807, 2.05) is 23.6 Å². The highest BCUT2D eigenvalue weighted by Gasteiger charge is 2.29. The molecule has 0 bridgehead atoms. The minimum atomic E-state index is -0.881. The normalized spacial score (nSPS) is 16.2. The van der Waals surface area contributed by atoms with Gasteiger partial charge in [0, 0.05) is 31.1 Å². The molecule has 1 saturated heterocycles. The number of carboxylic acids is 1. The van der Waals surface area contributed by atoms with Gasteiger partial charge in [-0.25, -0.2) is 4.79 Å². The molecule has 8 heteroatoms. The molecule has 0 aliphatic carbocycles. The van der Waals surface area contributed by atoms with E-state index in [1.165, 1.54) is 7.11 Å². The first-order valence-electron chi connectivity index (χ1n) is 7.84. The number of urea groups is 1. The molecule has 1 atom stereocenters. The first-order valence-corrected chi connectivity index (χ1v) is 8.99. The number of carbonyl (C=O) groups excluding carboxylic acids is 1. The van der Waals surface area contributed by atoms with Gasteiger partial charge in [0.15, 0.2) is 0 Å². The van der Waals surface area contributed by atoms with Gasteiger partial charge < -0.3 is 20.5 Å². The highest BCUT2D eigenvalue weighted by molar-refractivity contribution is 7.99. The summed E-state index contributed by atoms with van der Waals surface area (Å²) < 4.78 is 5.32. The number of nitrogens with one attached hydrogen (secondary N) is 2. The lowest BCUT2D eigenvalue weighted by atomic mass is 10.0. The van der Waals surface area contributed by atoms with Crippen LogP contribution in [-0.4, -0.2) is 60.3 Å². The van der Waals surface area contributed by atoms with Crippen molar-refractivity contribution in [1.82, 2.24) is 10.2 Å². The lowest BCUT2D eigenvalue weighted by molar-refractivity contribution is -0.143. The molecule has 132 valence electrons. The summed E-state index contributed by atoms with van der Waals surface area (Å²) in [5.41, 5.74) is 1.15. The first kappa shape index (κ1) is 18.4. The van der Waals surface area contributed by atoms with Gasteiger partial charge in [-0.3, -0.25) is 9.69 Å². The van der Waals surface area contributed by atoms with Crippen LogP contribution in [0.2, 0.25) is 0 Å². The van der Waals surface area contributed by atoms with Crippen LogP contribution in [0.3, 0.4) is 0 Å². The Labute approximate surface area is 145 Å². The molecule has 7 nitrogen and oxygen atoms in total. The second-order valence-corrected chi connectivity index (χ2v) is 6.56. The largest absolute Gasteiger partial charge is 0.495 e. The molecule has 1 aromatic carbocycles. The Balaban J connectivity index is 2.25. The molecule has 0 spiro atoms. The Kier molecular flexibility index (Phi) is 6.74. The van der Waals surface area contributed by atoms with Crippen LogP contribution in [0.4, 0.5) is 10.5 Å². The van der Waals surface area contributed by atoms with Crippen molar-refractivity contribution in [3.05, 3.63) is 23.8 Å². The first-order chi connectivity index (χ1) is 11.6. The topological polar surface area (TPSA) is 90.9 Å². The highest BCUT2D eigenvalue weighted by Crippen LogP contribution is 2.31. The zero-order chi connectivity index (χ0) is 17.5. The minimum Gasteiger partial charge on any atom is -0.495 e. The van der Waals surface area contributed by atoms with Gasteiger partial charge >= 0.3 is 12.0 Å². The number of carbonyl (C=O) groups is 2. The number of thioether (sulfide) groups is 1. The SMILES string of the molecule is CCNC(=O)Nc1ccc([C@@H](C(=O)O)N2CCSCC2)cc1OC. The zero-order valence-electron chi connectivity index (χ0n) is 13.9. The van der Waals surface area contributed by atoms with Gasteiger partial charge in [0.1, 0.15) is 11.8 Å². The Morgan fingerprint density at radius 2 is 2.08 bits per heavy atom. The number of hydrogen-bond donors (Lipinski definition) is 3. The van der Waals surface area contributed by atoms with E-state index in [-0.39, 0.29) is 6.03 Å². The minimum absolute atomic E-state index is 0.327. The summed E-state index contributed by atoms with van der Waals surface area (Å²) in [6.45, 7) is 3.82. The molecular formula is C16H23N3O4S. The lowest BCUT2D eigenvalue weighted by Crippen LogP contribution is -2.39. The van der Waals surface area contributed by atoms with Crippen molar-refractivity contribution in [2.45, 2.75) is 13.0 Å². The number of amides is 2. The number of methoxy groups -OCH3 is 1. The molecule has 24 heavy (non-hydrogen) atoms. The predicted molar refractivity (Wildman–Crippen MR) is 95.0 cm³/mol. The van der Waals surface area contributed by atoms with Gasteiger partial charge in [0.05, 0.1) is 12.8 Å². The van der Waals surface area contributed by atoms with Crippen molar-refractivity contribution < 1.29 is 19.4 Å². The molecule has 0 aromatic heterocycles. The summed E-state index contributed by atoms with van der Waals surface area (Å²) in [5, 5.41) is 15.0. The molecule has 1 aliphatic heterocycles. The fourth-order valence-electron chi connectivity index (χ4n) is 2.65. The standard InChI is InChI=1S/C16H23N3O4S/c1-3-17-16(22)18-12-5-4-11(10-13(12)23-2)14(15(20)21)19-6-8-24-9-7-19/h4-5,10,14H,3,6-9H2,1-2H3,(H,20,21)(H2,17,18,22)/t14-/m0/s1. The van der Waals surface area contributed by atoms with Gasteiger partial charge in [0.2, 0.25) is 0 Å². The lowest BCUT2D eigenvalue weighted by Gasteiger charge is -2.32. The van der Waals surface area contributed by atoms with Crippen LogP contribution in [0.5, 0.6) is 5.75 Å². The number of rotatable bonds is 6. The van der Waals surface area contributed by atoms with E-state index in [4.69, 9.17) is 4.74 Å². The number of aliphatic carboxylic acids is 1. The number of ether oxygens (including phenoxy) is 1. The number of hydrogen-bond acceptors (Lipinski definition) is 5. The van der Waals surface area contributed by atoms with Crippen molar-refractivity contribution in [2.24, 2.45) is 0 Å². The summed E-state index contributed by atoms with van der Waals surface area (Å²) in [6, 6.07) is 4.05. The summed E-state index contributed by atoms with van der Waals surface area (Å²) in [4.78, 5) is 25.4. The summed E-state index contributed by atoms with van der Waals surface area (Å²) in [5.74, 6) is 1.42. The maximum Gasteiger partial charge on any atom is 0.325 e. The molecule has 1 heterocycles. The van der Waals surface area contributed by atoms with Crippen molar-refractivity contribution in [3.8, 4) is 5.75 Å². The van der Waals surface area contributed by atoms with E-state index in [2.05, 4.69) is 10.6 Å². The zero-order valence-corrected chi connectivity index (χ0v) is 14.7. The predicted octanol–water partition coefficient (Wildman–Crippen LogP) is 2.01. The van der Waals surface area contributed by atoms with E-state index in [1.54, 1.807) is 18.2 Å². The molecule has 1 aliphatic rings. The summed E-state index contributed by atoms with van der Waals surface area (Å²) in [6.07, 6.45) is 0. The fourth-order valence-corrected chi connectivity index (χ4v) is 3.58. The van der Waals surface area contributed by atoms with Crippen molar-refractivity contribution in [1.29, 1.82) is 0 Å². The number of carboxylic acid groups (broad SMARTS) is 1. The number of nitrogens with zero attached hydrogens (tertiary/aromatic N) is 1. The monoisotopic (exact) mass is 353 g/mol. The van der Waals surface area contributed by atoms with Crippen LogP contribution in [0.15, 0.2) is 18.2 Å². The average molecular weight is 353 g/mol. The van der Waals surface area contributed by atoms with Crippen LogP contribution in [0.1, 0.15) is 18.5 Å². The molecule has 0 radical (unpaired) electrons. The Morgan fingerprint density at radius 1 is 1.38 bits per heavy atom. The van der Waals surface area contributed by atoms with Gasteiger partial charge in [-0.05, 0) is 24.6 Å². The van der Waals surface area contributed by atoms with Crippen LogP contribution in [-0.2, 0) is 4.79 Å². The Bertz CT molecular complexity index is 591. The third-order valence-corrected chi connectivity index (χ3v) is 4.71. The maximum absolute atomic E-state index is 11.8. The van der Waals surface area contributed by atoms with Gasteiger partial charge in [-0.15, -0.1) is 0 Å². The number of benzene rings is 1. The van der Waals surface area contributed by atoms with Crippen LogP contribution >= 0.6 is 11.8 Å². The average Bonchev–Trinajstić information content (AvgIpc) is 2.57. The second kappa shape index (κ2) is 8.79. The van der Waals surface area contributed by atoms with Crippen molar-refractivity contribution in [2.75, 3.05) is 43.6 Å². The molecule has 0 unspecified atom stereocenters. The molecule has 1 aromatic rings. The van der Waals surface area contributed by atoms with Gasteiger partial charge in [-0.1, -0.05) is 6.07 Å². The van der Waals surface area contributed by atoms with E-state index in [9.17, 15) is 14.7 Å². The third-order valence-electron chi connectivity index (χ3n) is 3.77. The van der Waals surface area contributed by atoms with E-state index in [0.29, 0.717) is 23.5 Å². The molecule has 2 amide bonds. The second-order valence-electron chi connectivity index (χ2n) is 5.33. The van der Waals surface area contributed by atoms with Crippen molar-refractivity contribution >= 4 is 29.4 Å². The quantitative estimate of drug-likeness (QED) is 0.725. The van der Waals surface area contributed by atoms with E-state index in [0.717, 1.165) is 24.6 Å². The van der Waals surface area contributed by atoms with E-state index >= 15 is 0 Å². The van der Waals surface area contributed by atoms with Gasteiger partial charge in [-0.2, -0.15) is 11.8 Å². The van der Waals surface area contributed by atoms with Crippen LogP contribution in [0, 0.1) is 0 Å². The fraction of sp³-hybridized carbons (Fsp3) is 0.500. The Hall–Kier alpha value is -1.93. The summed E-state index contributed by atoms with van der Waals surface area (Å²) in [7, 11) is 1.50. The Morgan fingerprint density at radius 3 is 2.67 bits per heavy atom.